The fourth-order valence-corrected chi connectivity index (χ4v) is 3.13. The zero-order valence-electron chi connectivity index (χ0n) is 14.8. The molecule has 0 aromatic heterocycles. The van der Waals surface area contributed by atoms with Crippen molar-refractivity contribution in [3.8, 4) is 0 Å². The number of hydrogen-bond donors (Lipinski definition) is 1. The molecule has 1 unspecified atom stereocenters. The van der Waals surface area contributed by atoms with Gasteiger partial charge >= 0.3 is 0 Å². The number of Topliss-reactive ketones (excluding diaryl/α,β-unsaturated/α-hetero) is 1. The Labute approximate surface area is 153 Å². The van der Waals surface area contributed by atoms with Crippen molar-refractivity contribution in [2.45, 2.75) is 19.8 Å². The summed E-state index contributed by atoms with van der Waals surface area (Å²) in [6.45, 7) is 2.43. The first kappa shape index (κ1) is 17.9. The number of rotatable bonds is 6. The molecule has 2 amide bonds. The van der Waals surface area contributed by atoms with Crippen molar-refractivity contribution in [3.05, 3.63) is 65.7 Å². The highest BCUT2D eigenvalue weighted by atomic mass is 16.2. The number of benzene rings is 2. The van der Waals surface area contributed by atoms with Crippen LogP contribution < -0.4 is 10.2 Å². The number of ketones is 1. The molecule has 1 saturated heterocycles. The smallest absolute Gasteiger partial charge is 0.227 e. The van der Waals surface area contributed by atoms with Crippen LogP contribution in [0.2, 0.25) is 0 Å². The molecule has 0 spiro atoms. The van der Waals surface area contributed by atoms with Gasteiger partial charge < -0.3 is 10.2 Å². The first-order valence-electron chi connectivity index (χ1n) is 8.77. The van der Waals surface area contributed by atoms with Crippen LogP contribution in [-0.4, -0.2) is 30.7 Å². The molecule has 2 aromatic carbocycles. The molecule has 1 fully saturated rings. The fourth-order valence-electron chi connectivity index (χ4n) is 3.13. The van der Waals surface area contributed by atoms with Gasteiger partial charge in [0, 0.05) is 30.8 Å². The van der Waals surface area contributed by atoms with E-state index in [1.807, 2.05) is 30.3 Å². The molecule has 0 radical (unpaired) electrons. The molecule has 5 nitrogen and oxygen atoms in total. The van der Waals surface area contributed by atoms with E-state index in [1.165, 1.54) is 12.5 Å². The largest absolute Gasteiger partial charge is 0.355 e. The summed E-state index contributed by atoms with van der Waals surface area (Å²) in [6.07, 6.45) is 0.981. The first-order valence-corrected chi connectivity index (χ1v) is 8.77. The Kier molecular flexibility index (Phi) is 5.46. The third-order valence-corrected chi connectivity index (χ3v) is 4.64. The summed E-state index contributed by atoms with van der Waals surface area (Å²) >= 11 is 0. The van der Waals surface area contributed by atoms with Crippen molar-refractivity contribution in [2.75, 3.05) is 18.0 Å². The minimum atomic E-state index is -0.342. The highest BCUT2D eigenvalue weighted by molar-refractivity contribution is 6.01. The summed E-state index contributed by atoms with van der Waals surface area (Å²) in [4.78, 5) is 37.6. The summed E-state index contributed by atoms with van der Waals surface area (Å²) in [5, 5.41) is 2.93. The van der Waals surface area contributed by atoms with Gasteiger partial charge in [0.2, 0.25) is 11.8 Å². The predicted molar refractivity (Wildman–Crippen MR) is 100 cm³/mol. The maximum absolute atomic E-state index is 12.4. The standard InChI is InChI=1S/C21H22N2O3/c1-15(24)17-7-9-19(10-8-17)23-14-18(13-20(23)25)21(26)22-12-11-16-5-3-2-4-6-16/h2-10,18H,11-14H2,1H3,(H,22,26). The van der Waals surface area contributed by atoms with E-state index in [4.69, 9.17) is 0 Å². The van der Waals surface area contributed by atoms with Gasteiger partial charge in [0.1, 0.15) is 0 Å². The van der Waals surface area contributed by atoms with Gasteiger partial charge in [-0.3, -0.25) is 14.4 Å². The second-order valence-electron chi connectivity index (χ2n) is 6.54. The molecule has 1 atom stereocenters. The van der Waals surface area contributed by atoms with Crippen LogP contribution in [0.15, 0.2) is 54.6 Å². The molecule has 3 rings (SSSR count). The highest BCUT2D eigenvalue weighted by Gasteiger charge is 2.34. The van der Waals surface area contributed by atoms with Crippen LogP contribution in [0.1, 0.15) is 29.3 Å². The van der Waals surface area contributed by atoms with Crippen molar-refractivity contribution < 1.29 is 14.4 Å². The van der Waals surface area contributed by atoms with E-state index in [9.17, 15) is 14.4 Å². The van der Waals surface area contributed by atoms with E-state index in [0.29, 0.717) is 18.7 Å². The molecule has 0 bridgehead atoms. The Morgan fingerprint density at radius 3 is 2.42 bits per heavy atom. The maximum Gasteiger partial charge on any atom is 0.227 e. The average Bonchev–Trinajstić information content (AvgIpc) is 3.04. The second kappa shape index (κ2) is 7.95. The SMILES string of the molecule is CC(=O)c1ccc(N2CC(C(=O)NCCc3ccccc3)CC2=O)cc1. The summed E-state index contributed by atoms with van der Waals surface area (Å²) in [5.41, 5.74) is 2.50. The first-order chi connectivity index (χ1) is 12.5. The summed E-state index contributed by atoms with van der Waals surface area (Å²) in [7, 11) is 0. The number of nitrogens with one attached hydrogen (secondary N) is 1. The Morgan fingerprint density at radius 1 is 1.08 bits per heavy atom. The molecule has 1 N–H and O–H groups in total. The molecule has 0 aliphatic carbocycles. The normalized spacial score (nSPS) is 16.6. The fraction of sp³-hybridized carbons (Fsp3) is 0.286. The van der Waals surface area contributed by atoms with Gasteiger partial charge in [-0.1, -0.05) is 30.3 Å². The zero-order valence-corrected chi connectivity index (χ0v) is 14.8. The minimum Gasteiger partial charge on any atom is -0.355 e. The van der Waals surface area contributed by atoms with Crippen LogP contribution in [0.25, 0.3) is 0 Å². The molecule has 1 aliphatic rings. The average molecular weight is 350 g/mol. The zero-order chi connectivity index (χ0) is 18.5. The van der Waals surface area contributed by atoms with E-state index in [1.54, 1.807) is 29.2 Å². The van der Waals surface area contributed by atoms with Crippen LogP contribution in [0.5, 0.6) is 0 Å². The Morgan fingerprint density at radius 2 is 1.77 bits per heavy atom. The van der Waals surface area contributed by atoms with Crippen molar-refractivity contribution in [1.29, 1.82) is 0 Å². The molecular formula is C21H22N2O3. The third-order valence-electron chi connectivity index (χ3n) is 4.64. The van der Waals surface area contributed by atoms with Gasteiger partial charge in [0.15, 0.2) is 5.78 Å². The van der Waals surface area contributed by atoms with Crippen LogP contribution in [0.4, 0.5) is 5.69 Å². The van der Waals surface area contributed by atoms with Gasteiger partial charge in [0.05, 0.1) is 5.92 Å². The summed E-state index contributed by atoms with van der Waals surface area (Å²) in [6, 6.07) is 16.9. The summed E-state index contributed by atoms with van der Waals surface area (Å²) < 4.78 is 0. The van der Waals surface area contributed by atoms with Crippen LogP contribution in [0, 0.1) is 5.92 Å². The molecule has 0 saturated carbocycles. The Balaban J connectivity index is 1.55. The number of carbonyl (C=O) groups is 3. The van der Waals surface area contributed by atoms with Crippen molar-refractivity contribution in [3.63, 3.8) is 0 Å². The Bertz CT molecular complexity index is 800. The van der Waals surface area contributed by atoms with Crippen LogP contribution in [-0.2, 0) is 16.0 Å². The third kappa shape index (κ3) is 4.17. The second-order valence-corrected chi connectivity index (χ2v) is 6.54. The molecule has 5 heteroatoms. The number of carbonyl (C=O) groups excluding carboxylic acids is 3. The monoisotopic (exact) mass is 350 g/mol. The van der Waals surface area contributed by atoms with Gasteiger partial charge in [0.25, 0.3) is 0 Å². The number of nitrogens with zero attached hydrogens (tertiary/aromatic N) is 1. The lowest BCUT2D eigenvalue weighted by Gasteiger charge is -2.17. The number of hydrogen-bond acceptors (Lipinski definition) is 3. The molecule has 2 aromatic rings. The number of amides is 2. The van der Waals surface area contributed by atoms with Crippen molar-refractivity contribution >= 4 is 23.3 Å². The van der Waals surface area contributed by atoms with Crippen molar-refractivity contribution in [1.82, 2.24) is 5.32 Å². The lowest BCUT2D eigenvalue weighted by molar-refractivity contribution is -0.126. The van der Waals surface area contributed by atoms with E-state index < -0.39 is 0 Å². The van der Waals surface area contributed by atoms with E-state index in [-0.39, 0.29) is 29.9 Å². The summed E-state index contributed by atoms with van der Waals surface area (Å²) in [5.74, 6) is -0.508. The Hall–Kier alpha value is -2.95. The van der Waals surface area contributed by atoms with Gasteiger partial charge in [-0.15, -0.1) is 0 Å². The number of anilines is 1. The van der Waals surface area contributed by atoms with Crippen LogP contribution in [0.3, 0.4) is 0 Å². The van der Waals surface area contributed by atoms with E-state index >= 15 is 0 Å². The molecule has 26 heavy (non-hydrogen) atoms. The maximum atomic E-state index is 12.4. The van der Waals surface area contributed by atoms with E-state index in [2.05, 4.69) is 5.32 Å². The molecule has 1 heterocycles. The minimum absolute atomic E-state index is 0.0139. The lowest BCUT2D eigenvalue weighted by atomic mass is 10.1. The topological polar surface area (TPSA) is 66.5 Å². The quantitative estimate of drug-likeness (QED) is 0.815. The van der Waals surface area contributed by atoms with Crippen LogP contribution >= 0.6 is 0 Å². The molecular weight excluding hydrogens is 328 g/mol. The lowest BCUT2D eigenvalue weighted by Crippen LogP contribution is -2.34. The van der Waals surface area contributed by atoms with E-state index in [0.717, 1.165) is 12.1 Å². The molecule has 134 valence electrons. The van der Waals surface area contributed by atoms with Gasteiger partial charge in [-0.25, -0.2) is 0 Å². The predicted octanol–water partition coefficient (Wildman–Crippen LogP) is 2.60. The molecule has 1 aliphatic heterocycles. The van der Waals surface area contributed by atoms with Gasteiger partial charge in [-0.05, 0) is 43.2 Å². The van der Waals surface area contributed by atoms with Crippen molar-refractivity contribution in [2.24, 2.45) is 5.92 Å². The van der Waals surface area contributed by atoms with Gasteiger partial charge in [-0.2, -0.15) is 0 Å². The highest BCUT2D eigenvalue weighted by Crippen LogP contribution is 2.25.